The molecule has 0 fully saturated rings. The molecule has 0 spiro atoms. The van der Waals surface area contributed by atoms with Gasteiger partial charge in [-0.15, -0.1) is 11.3 Å². The van der Waals surface area contributed by atoms with Crippen LogP contribution in [-0.2, 0) is 0 Å². The smallest absolute Gasteiger partial charge is 0.196 e. The van der Waals surface area contributed by atoms with Gasteiger partial charge in [0.1, 0.15) is 5.82 Å². The van der Waals surface area contributed by atoms with Crippen LogP contribution in [0.15, 0.2) is 47.8 Å². The number of carbonyl (C=O) groups excluding carboxylic acids is 1. The minimum Gasteiger partial charge on any atom is -0.398 e. The van der Waals surface area contributed by atoms with Crippen molar-refractivity contribution >= 4 is 32.9 Å². The zero-order valence-electron chi connectivity index (χ0n) is 9.89. The van der Waals surface area contributed by atoms with Crippen molar-refractivity contribution in [2.75, 3.05) is 5.73 Å². The van der Waals surface area contributed by atoms with Crippen molar-refractivity contribution in [3.05, 3.63) is 64.8 Å². The number of nitrogen functional groups attached to an aromatic ring is 1. The maximum absolute atomic E-state index is 13.3. The van der Waals surface area contributed by atoms with Gasteiger partial charge in [-0.25, -0.2) is 4.39 Å². The molecular weight excluding hydrogens is 261 g/mol. The standard InChI is InChI=1S/C15H10FNOS/c16-9-5-6-13(17)11(7-9)15(18)12-8-19-14-4-2-1-3-10(12)14/h1-8H,17H2. The summed E-state index contributed by atoms with van der Waals surface area (Å²) in [4.78, 5) is 12.5. The predicted octanol–water partition coefficient (Wildman–Crippen LogP) is 3.85. The number of rotatable bonds is 2. The van der Waals surface area contributed by atoms with Gasteiger partial charge < -0.3 is 5.73 Å². The normalized spacial score (nSPS) is 10.8. The van der Waals surface area contributed by atoms with Crippen molar-refractivity contribution in [1.29, 1.82) is 0 Å². The summed E-state index contributed by atoms with van der Waals surface area (Å²) in [6, 6.07) is 11.5. The van der Waals surface area contributed by atoms with Crippen molar-refractivity contribution in [3.8, 4) is 0 Å². The fraction of sp³-hybridized carbons (Fsp3) is 0. The van der Waals surface area contributed by atoms with Gasteiger partial charge in [-0.05, 0) is 24.3 Å². The van der Waals surface area contributed by atoms with Gasteiger partial charge >= 0.3 is 0 Å². The molecule has 3 rings (SSSR count). The van der Waals surface area contributed by atoms with Crippen LogP contribution in [0.3, 0.4) is 0 Å². The maximum Gasteiger partial charge on any atom is 0.196 e. The SMILES string of the molecule is Nc1ccc(F)cc1C(=O)c1csc2ccccc12. The van der Waals surface area contributed by atoms with E-state index in [0.717, 1.165) is 10.1 Å². The Labute approximate surface area is 113 Å². The number of fused-ring (bicyclic) bond motifs is 1. The summed E-state index contributed by atoms with van der Waals surface area (Å²) < 4.78 is 14.3. The van der Waals surface area contributed by atoms with E-state index in [1.807, 2.05) is 24.3 Å². The lowest BCUT2D eigenvalue weighted by molar-refractivity contribution is 0.104. The van der Waals surface area contributed by atoms with Gasteiger partial charge in [0.05, 0.1) is 0 Å². The monoisotopic (exact) mass is 271 g/mol. The van der Waals surface area contributed by atoms with E-state index in [0.29, 0.717) is 11.3 Å². The number of anilines is 1. The second-order valence-corrected chi connectivity index (χ2v) is 5.12. The Kier molecular flexibility index (Phi) is 2.80. The van der Waals surface area contributed by atoms with Crippen molar-refractivity contribution in [3.63, 3.8) is 0 Å². The lowest BCUT2D eigenvalue weighted by Gasteiger charge is -2.04. The zero-order chi connectivity index (χ0) is 13.4. The van der Waals surface area contributed by atoms with Gasteiger partial charge in [0.2, 0.25) is 0 Å². The van der Waals surface area contributed by atoms with E-state index in [9.17, 15) is 9.18 Å². The summed E-state index contributed by atoms with van der Waals surface area (Å²) >= 11 is 1.49. The van der Waals surface area contributed by atoms with E-state index in [1.54, 1.807) is 5.38 Å². The molecule has 19 heavy (non-hydrogen) atoms. The molecule has 94 valence electrons. The first-order valence-electron chi connectivity index (χ1n) is 5.73. The van der Waals surface area contributed by atoms with Crippen LogP contribution < -0.4 is 5.73 Å². The summed E-state index contributed by atoms with van der Waals surface area (Å²) in [5, 5.41) is 2.67. The molecule has 3 aromatic rings. The number of ketones is 1. The Morgan fingerprint density at radius 3 is 2.74 bits per heavy atom. The third-order valence-electron chi connectivity index (χ3n) is 2.99. The molecule has 1 aromatic heterocycles. The lowest BCUT2D eigenvalue weighted by Crippen LogP contribution is -2.05. The van der Waals surface area contributed by atoms with Gasteiger partial charge in [-0.1, -0.05) is 18.2 Å². The summed E-state index contributed by atoms with van der Waals surface area (Å²) in [7, 11) is 0. The molecule has 0 aliphatic rings. The van der Waals surface area contributed by atoms with Crippen LogP contribution in [0.25, 0.3) is 10.1 Å². The molecule has 0 radical (unpaired) electrons. The van der Waals surface area contributed by atoms with Crippen molar-refractivity contribution in [2.45, 2.75) is 0 Å². The Morgan fingerprint density at radius 1 is 1.11 bits per heavy atom. The zero-order valence-corrected chi connectivity index (χ0v) is 10.7. The second-order valence-electron chi connectivity index (χ2n) is 4.21. The van der Waals surface area contributed by atoms with Gasteiger partial charge in [0.15, 0.2) is 5.78 Å². The largest absolute Gasteiger partial charge is 0.398 e. The third kappa shape index (κ3) is 2.00. The number of halogens is 1. The van der Waals surface area contributed by atoms with E-state index < -0.39 is 5.82 Å². The van der Waals surface area contributed by atoms with Crippen molar-refractivity contribution < 1.29 is 9.18 Å². The third-order valence-corrected chi connectivity index (χ3v) is 3.95. The van der Waals surface area contributed by atoms with E-state index in [1.165, 1.54) is 29.5 Å². The molecule has 0 amide bonds. The summed E-state index contributed by atoms with van der Waals surface area (Å²) in [5.74, 6) is -0.702. The molecular formula is C15H10FNOS. The molecule has 2 N–H and O–H groups in total. The Balaban J connectivity index is 2.16. The highest BCUT2D eigenvalue weighted by molar-refractivity contribution is 7.17. The first-order chi connectivity index (χ1) is 9.16. The maximum atomic E-state index is 13.3. The van der Waals surface area contributed by atoms with Crippen LogP contribution in [0.5, 0.6) is 0 Å². The number of carbonyl (C=O) groups is 1. The van der Waals surface area contributed by atoms with Crippen LogP contribution in [0, 0.1) is 5.82 Å². The minimum absolute atomic E-state index is 0.212. The molecule has 0 aliphatic heterocycles. The summed E-state index contributed by atoms with van der Waals surface area (Å²) in [5.41, 5.74) is 6.83. The van der Waals surface area contributed by atoms with Crippen LogP contribution in [0.1, 0.15) is 15.9 Å². The van der Waals surface area contributed by atoms with Crippen molar-refractivity contribution in [1.82, 2.24) is 0 Å². The number of hydrogen-bond donors (Lipinski definition) is 1. The van der Waals surface area contributed by atoms with Gasteiger partial charge in [0.25, 0.3) is 0 Å². The van der Waals surface area contributed by atoms with Gasteiger partial charge in [0, 0.05) is 32.3 Å². The second kappa shape index (κ2) is 4.48. The highest BCUT2D eigenvalue weighted by atomic mass is 32.1. The van der Waals surface area contributed by atoms with Crippen LogP contribution in [0.4, 0.5) is 10.1 Å². The molecule has 4 heteroatoms. The Hall–Kier alpha value is -2.20. The number of nitrogens with two attached hydrogens (primary N) is 1. The number of hydrogen-bond acceptors (Lipinski definition) is 3. The fourth-order valence-electron chi connectivity index (χ4n) is 2.02. The molecule has 0 saturated heterocycles. The molecule has 0 bridgehead atoms. The summed E-state index contributed by atoms with van der Waals surface area (Å²) in [6.45, 7) is 0. The molecule has 0 saturated carbocycles. The van der Waals surface area contributed by atoms with Crippen molar-refractivity contribution in [2.24, 2.45) is 0 Å². The van der Waals surface area contributed by atoms with Gasteiger partial charge in [-0.3, -0.25) is 4.79 Å². The van der Waals surface area contributed by atoms with E-state index >= 15 is 0 Å². The Morgan fingerprint density at radius 2 is 1.89 bits per heavy atom. The average molecular weight is 271 g/mol. The quantitative estimate of drug-likeness (QED) is 0.568. The lowest BCUT2D eigenvalue weighted by atomic mass is 10.0. The van der Waals surface area contributed by atoms with E-state index in [-0.39, 0.29) is 11.3 Å². The first kappa shape index (κ1) is 11.9. The molecule has 0 aliphatic carbocycles. The van der Waals surface area contributed by atoms with Crippen LogP contribution >= 0.6 is 11.3 Å². The molecule has 0 unspecified atom stereocenters. The van der Waals surface area contributed by atoms with E-state index in [2.05, 4.69) is 0 Å². The molecule has 1 heterocycles. The molecule has 2 aromatic carbocycles. The molecule has 0 atom stereocenters. The fourth-order valence-corrected chi connectivity index (χ4v) is 2.96. The first-order valence-corrected chi connectivity index (χ1v) is 6.61. The number of benzene rings is 2. The predicted molar refractivity (Wildman–Crippen MR) is 76.1 cm³/mol. The highest BCUT2D eigenvalue weighted by Crippen LogP contribution is 2.29. The molecule has 2 nitrogen and oxygen atoms in total. The van der Waals surface area contributed by atoms with Crippen LogP contribution in [-0.4, -0.2) is 5.78 Å². The van der Waals surface area contributed by atoms with E-state index in [4.69, 9.17) is 5.73 Å². The number of thiophene rings is 1. The topological polar surface area (TPSA) is 43.1 Å². The average Bonchev–Trinajstić information content (AvgIpc) is 2.84. The van der Waals surface area contributed by atoms with Gasteiger partial charge in [-0.2, -0.15) is 0 Å². The Bertz CT molecular complexity index is 779. The minimum atomic E-state index is -0.461. The summed E-state index contributed by atoms with van der Waals surface area (Å²) in [6.07, 6.45) is 0. The van der Waals surface area contributed by atoms with Crippen LogP contribution in [0.2, 0.25) is 0 Å². The highest BCUT2D eigenvalue weighted by Gasteiger charge is 2.17.